The molecule has 2 rings (SSSR count). The first-order valence-corrected chi connectivity index (χ1v) is 4.61. The Morgan fingerprint density at radius 2 is 2.17 bits per heavy atom. The molecule has 0 spiro atoms. The van der Waals surface area contributed by atoms with Crippen LogP contribution in [0, 0.1) is 0 Å². The Morgan fingerprint density at radius 1 is 1.42 bits per heavy atom. The van der Waals surface area contributed by atoms with E-state index in [1.807, 2.05) is 18.2 Å². The normalized spacial score (nSPS) is 21.4. The standard InChI is InChI=1S/C9H7BrO2/c10-7-5-12-8-4-2-1-3-6(8)9(7)11/h1-4,7H,5H2/t7-/m0/s1. The predicted molar refractivity (Wildman–Crippen MR) is 49.0 cm³/mol. The summed E-state index contributed by atoms with van der Waals surface area (Å²) in [6, 6.07) is 7.29. The zero-order valence-electron chi connectivity index (χ0n) is 6.29. The van der Waals surface area contributed by atoms with E-state index in [1.54, 1.807) is 6.07 Å². The summed E-state index contributed by atoms with van der Waals surface area (Å²) >= 11 is 3.25. The Balaban J connectivity index is 2.49. The van der Waals surface area contributed by atoms with Crippen molar-refractivity contribution in [2.45, 2.75) is 4.83 Å². The number of halogens is 1. The molecule has 0 saturated carbocycles. The average molecular weight is 227 g/mol. The summed E-state index contributed by atoms with van der Waals surface area (Å²) in [4.78, 5) is 11.3. The first-order chi connectivity index (χ1) is 5.79. The minimum Gasteiger partial charge on any atom is -0.491 e. The van der Waals surface area contributed by atoms with E-state index >= 15 is 0 Å². The van der Waals surface area contributed by atoms with Crippen LogP contribution in [0.2, 0.25) is 0 Å². The molecule has 1 aliphatic rings. The predicted octanol–water partition coefficient (Wildman–Crippen LogP) is 2.03. The van der Waals surface area contributed by atoms with Crippen LogP contribution in [0.25, 0.3) is 0 Å². The number of carbonyl (C=O) groups is 1. The van der Waals surface area contributed by atoms with Gasteiger partial charge in [-0.2, -0.15) is 0 Å². The van der Waals surface area contributed by atoms with Gasteiger partial charge in [0.25, 0.3) is 0 Å². The molecule has 62 valence electrons. The Morgan fingerprint density at radius 3 is 3.00 bits per heavy atom. The molecule has 2 nitrogen and oxygen atoms in total. The quantitative estimate of drug-likeness (QED) is 0.634. The van der Waals surface area contributed by atoms with Gasteiger partial charge in [0.05, 0.1) is 5.56 Å². The molecule has 0 fully saturated rings. The lowest BCUT2D eigenvalue weighted by Gasteiger charge is -2.19. The minimum absolute atomic E-state index is 0.108. The number of hydrogen-bond acceptors (Lipinski definition) is 2. The van der Waals surface area contributed by atoms with E-state index in [-0.39, 0.29) is 10.6 Å². The average Bonchev–Trinajstić information content (AvgIpc) is 2.12. The molecular formula is C9H7BrO2. The maximum absolute atomic E-state index is 11.5. The van der Waals surface area contributed by atoms with Crippen molar-refractivity contribution in [2.24, 2.45) is 0 Å². The van der Waals surface area contributed by atoms with E-state index in [0.29, 0.717) is 17.9 Å². The van der Waals surface area contributed by atoms with E-state index < -0.39 is 0 Å². The van der Waals surface area contributed by atoms with Crippen molar-refractivity contribution >= 4 is 21.7 Å². The number of Topliss-reactive ketones (excluding diaryl/α,β-unsaturated/α-hetero) is 1. The fraction of sp³-hybridized carbons (Fsp3) is 0.222. The molecule has 0 bridgehead atoms. The van der Waals surface area contributed by atoms with E-state index in [0.717, 1.165) is 0 Å². The number of para-hydroxylation sites is 1. The van der Waals surface area contributed by atoms with Crippen molar-refractivity contribution in [2.75, 3.05) is 6.61 Å². The SMILES string of the molecule is O=C1c2ccccc2OC[C@@H]1Br. The molecule has 0 radical (unpaired) electrons. The molecule has 12 heavy (non-hydrogen) atoms. The minimum atomic E-state index is -0.188. The van der Waals surface area contributed by atoms with Crippen molar-refractivity contribution in [1.29, 1.82) is 0 Å². The summed E-state index contributed by atoms with van der Waals surface area (Å²) < 4.78 is 5.34. The highest BCUT2D eigenvalue weighted by Crippen LogP contribution is 2.26. The van der Waals surface area contributed by atoms with E-state index in [1.165, 1.54) is 0 Å². The molecule has 3 heteroatoms. The van der Waals surface area contributed by atoms with Crippen molar-refractivity contribution in [1.82, 2.24) is 0 Å². The smallest absolute Gasteiger partial charge is 0.183 e. The maximum atomic E-state index is 11.5. The first kappa shape index (κ1) is 7.80. The van der Waals surface area contributed by atoms with Gasteiger partial charge in [-0.1, -0.05) is 28.1 Å². The number of alkyl halides is 1. The van der Waals surface area contributed by atoms with Gasteiger partial charge in [-0.25, -0.2) is 0 Å². The summed E-state index contributed by atoms with van der Waals surface area (Å²) in [6.45, 7) is 0.426. The molecule has 1 aromatic rings. The van der Waals surface area contributed by atoms with E-state index in [9.17, 15) is 4.79 Å². The molecule has 0 amide bonds. The van der Waals surface area contributed by atoms with Crippen LogP contribution in [0.15, 0.2) is 24.3 Å². The van der Waals surface area contributed by atoms with Crippen molar-refractivity contribution in [3.8, 4) is 5.75 Å². The van der Waals surface area contributed by atoms with Crippen LogP contribution in [0.5, 0.6) is 5.75 Å². The molecule has 1 atom stereocenters. The Bertz CT molecular complexity index is 322. The van der Waals surface area contributed by atoms with Gasteiger partial charge in [0, 0.05) is 0 Å². The third-order valence-corrected chi connectivity index (χ3v) is 2.50. The number of carbonyl (C=O) groups excluding carboxylic acids is 1. The molecule has 0 aliphatic carbocycles. The van der Waals surface area contributed by atoms with Gasteiger partial charge < -0.3 is 4.74 Å². The van der Waals surface area contributed by atoms with Gasteiger partial charge in [-0.3, -0.25) is 4.79 Å². The lowest BCUT2D eigenvalue weighted by molar-refractivity contribution is 0.0946. The largest absolute Gasteiger partial charge is 0.491 e. The van der Waals surface area contributed by atoms with Gasteiger partial charge in [-0.15, -0.1) is 0 Å². The van der Waals surface area contributed by atoms with Crippen LogP contribution in [-0.2, 0) is 0 Å². The number of ether oxygens (including phenoxy) is 1. The lowest BCUT2D eigenvalue weighted by atomic mass is 10.1. The van der Waals surface area contributed by atoms with Gasteiger partial charge in [0.2, 0.25) is 0 Å². The molecule has 0 N–H and O–H groups in total. The zero-order valence-corrected chi connectivity index (χ0v) is 7.87. The summed E-state index contributed by atoms with van der Waals surface area (Å²) in [7, 11) is 0. The second-order valence-electron chi connectivity index (χ2n) is 2.64. The molecule has 0 unspecified atom stereocenters. The Kier molecular flexibility index (Phi) is 1.89. The van der Waals surface area contributed by atoms with Crippen molar-refractivity contribution < 1.29 is 9.53 Å². The molecule has 1 aromatic carbocycles. The Labute approximate surface area is 78.7 Å². The van der Waals surface area contributed by atoms with Crippen LogP contribution in [-0.4, -0.2) is 17.2 Å². The number of ketones is 1. The Hall–Kier alpha value is -0.830. The van der Waals surface area contributed by atoms with E-state index in [4.69, 9.17) is 4.74 Å². The fourth-order valence-electron chi connectivity index (χ4n) is 1.20. The lowest BCUT2D eigenvalue weighted by Crippen LogP contribution is -2.27. The highest BCUT2D eigenvalue weighted by Gasteiger charge is 2.25. The fourth-order valence-corrected chi connectivity index (χ4v) is 1.58. The van der Waals surface area contributed by atoms with Gasteiger partial charge in [0.15, 0.2) is 5.78 Å². The molecular weight excluding hydrogens is 220 g/mol. The van der Waals surface area contributed by atoms with Gasteiger partial charge in [-0.05, 0) is 12.1 Å². The highest BCUT2D eigenvalue weighted by atomic mass is 79.9. The first-order valence-electron chi connectivity index (χ1n) is 3.69. The summed E-state index contributed by atoms with van der Waals surface area (Å²) in [5.41, 5.74) is 0.672. The zero-order chi connectivity index (χ0) is 8.55. The maximum Gasteiger partial charge on any atom is 0.183 e. The second-order valence-corrected chi connectivity index (χ2v) is 3.74. The van der Waals surface area contributed by atoms with Crippen LogP contribution in [0.3, 0.4) is 0 Å². The third-order valence-electron chi connectivity index (χ3n) is 1.82. The number of fused-ring (bicyclic) bond motifs is 1. The number of rotatable bonds is 0. The van der Waals surface area contributed by atoms with Crippen LogP contribution >= 0.6 is 15.9 Å². The third kappa shape index (κ3) is 1.14. The topological polar surface area (TPSA) is 26.3 Å². The van der Waals surface area contributed by atoms with Crippen molar-refractivity contribution in [3.05, 3.63) is 29.8 Å². The highest BCUT2D eigenvalue weighted by molar-refractivity contribution is 9.10. The second kappa shape index (κ2) is 2.90. The number of benzene rings is 1. The molecule has 1 heterocycles. The summed E-state index contributed by atoms with van der Waals surface area (Å²) in [5, 5.41) is 0. The van der Waals surface area contributed by atoms with Crippen molar-refractivity contribution in [3.63, 3.8) is 0 Å². The van der Waals surface area contributed by atoms with Gasteiger partial charge >= 0.3 is 0 Å². The monoisotopic (exact) mass is 226 g/mol. The molecule has 1 aliphatic heterocycles. The van der Waals surface area contributed by atoms with Crippen LogP contribution < -0.4 is 4.74 Å². The number of hydrogen-bond donors (Lipinski definition) is 0. The summed E-state index contributed by atoms with van der Waals surface area (Å²) in [5.74, 6) is 0.801. The summed E-state index contributed by atoms with van der Waals surface area (Å²) in [6.07, 6.45) is 0. The van der Waals surface area contributed by atoms with E-state index in [2.05, 4.69) is 15.9 Å². The molecule has 0 saturated heterocycles. The molecule has 0 aromatic heterocycles. The van der Waals surface area contributed by atoms with Crippen LogP contribution in [0.1, 0.15) is 10.4 Å². The van der Waals surface area contributed by atoms with Gasteiger partial charge in [0.1, 0.15) is 17.2 Å². The van der Waals surface area contributed by atoms with Crippen LogP contribution in [0.4, 0.5) is 0 Å².